The van der Waals surface area contributed by atoms with Crippen LogP contribution in [0.15, 0.2) is 0 Å². The fraction of sp³-hybridized carbons (Fsp3) is 0.857. The van der Waals surface area contributed by atoms with Crippen LogP contribution in [0.4, 0.5) is 0 Å². The third kappa shape index (κ3) is 1.29. The van der Waals surface area contributed by atoms with E-state index in [1.807, 2.05) is 6.92 Å². The Hall–Kier alpha value is -0.570. The Kier molecular flexibility index (Phi) is 2.27. The molecule has 0 aliphatic carbocycles. The fourth-order valence-corrected chi connectivity index (χ4v) is 1.17. The monoisotopic (exact) mass is 144 g/mol. The average Bonchev–Trinajstić information content (AvgIpc) is 2.30. The number of hydrogen-bond donors (Lipinski definition) is 1. The number of ether oxygens (including phenoxy) is 1. The number of esters is 1. The van der Waals surface area contributed by atoms with E-state index in [1.54, 1.807) is 0 Å². The van der Waals surface area contributed by atoms with Gasteiger partial charge in [0.15, 0.2) is 0 Å². The van der Waals surface area contributed by atoms with Gasteiger partial charge < -0.3 is 9.84 Å². The first-order valence-electron chi connectivity index (χ1n) is 3.59. The second-order valence-corrected chi connectivity index (χ2v) is 2.58. The third-order valence-electron chi connectivity index (χ3n) is 1.86. The molecule has 0 spiro atoms. The smallest absolute Gasteiger partial charge is 0.309 e. The SMILES string of the molecule is CCC1CC(CO)OC1=O. The maximum Gasteiger partial charge on any atom is 0.309 e. The minimum absolute atomic E-state index is 0.0251. The second kappa shape index (κ2) is 3.01. The van der Waals surface area contributed by atoms with E-state index in [2.05, 4.69) is 0 Å². The van der Waals surface area contributed by atoms with E-state index in [4.69, 9.17) is 9.84 Å². The molecule has 2 atom stereocenters. The summed E-state index contributed by atoms with van der Waals surface area (Å²) in [6.07, 6.45) is 1.26. The molecule has 0 amide bonds. The van der Waals surface area contributed by atoms with Crippen LogP contribution in [0.5, 0.6) is 0 Å². The van der Waals surface area contributed by atoms with Crippen molar-refractivity contribution in [2.75, 3.05) is 6.61 Å². The lowest BCUT2D eigenvalue weighted by atomic mass is 10.0. The summed E-state index contributed by atoms with van der Waals surface area (Å²) in [5.74, 6) is -0.126. The zero-order valence-corrected chi connectivity index (χ0v) is 6.04. The van der Waals surface area contributed by atoms with Crippen LogP contribution in [0.3, 0.4) is 0 Å². The van der Waals surface area contributed by atoms with Gasteiger partial charge in [0.1, 0.15) is 6.10 Å². The number of carbonyl (C=O) groups excluding carboxylic acids is 1. The van der Waals surface area contributed by atoms with Crippen LogP contribution in [-0.4, -0.2) is 23.8 Å². The molecule has 3 heteroatoms. The number of aliphatic hydroxyl groups excluding tert-OH is 1. The van der Waals surface area contributed by atoms with Gasteiger partial charge in [0.25, 0.3) is 0 Å². The molecule has 1 aliphatic heterocycles. The zero-order valence-electron chi connectivity index (χ0n) is 6.04. The summed E-state index contributed by atoms with van der Waals surface area (Å²) in [5, 5.41) is 8.62. The minimum Gasteiger partial charge on any atom is -0.460 e. The Morgan fingerprint density at radius 3 is 2.80 bits per heavy atom. The Labute approximate surface area is 60.0 Å². The van der Waals surface area contributed by atoms with E-state index in [0.717, 1.165) is 6.42 Å². The molecular weight excluding hydrogens is 132 g/mol. The maximum atomic E-state index is 10.8. The largest absolute Gasteiger partial charge is 0.460 e. The highest BCUT2D eigenvalue weighted by atomic mass is 16.6. The van der Waals surface area contributed by atoms with Gasteiger partial charge in [-0.3, -0.25) is 4.79 Å². The van der Waals surface area contributed by atoms with Gasteiger partial charge in [-0.25, -0.2) is 0 Å². The quantitative estimate of drug-likeness (QED) is 0.568. The van der Waals surface area contributed by atoms with Crippen molar-refractivity contribution in [3.63, 3.8) is 0 Å². The molecule has 1 fully saturated rings. The first-order chi connectivity index (χ1) is 4.77. The predicted molar refractivity (Wildman–Crippen MR) is 35.4 cm³/mol. The summed E-state index contributed by atoms with van der Waals surface area (Å²) in [6.45, 7) is 1.91. The van der Waals surface area contributed by atoms with Gasteiger partial charge in [-0.05, 0) is 12.8 Å². The van der Waals surface area contributed by atoms with E-state index in [1.165, 1.54) is 0 Å². The van der Waals surface area contributed by atoms with Crippen LogP contribution < -0.4 is 0 Å². The maximum absolute atomic E-state index is 10.8. The molecule has 1 N–H and O–H groups in total. The van der Waals surface area contributed by atoms with Crippen molar-refractivity contribution in [3.05, 3.63) is 0 Å². The topological polar surface area (TPSA) is 46.5 Å². The minimum atomic E-state index is -0.238. The molecule has 0 bridgehead atoms. The summed E-state index contributed by atoms with van der Waals surface area (Å²) in [5.41, 5.74) is 0. The summed E-state index contributed by atoms with van der Waals surface area (Å²) in [6, 6.07) is 0. The summed E-state index contributed by atoms with van der Waals surface area (Å²) in [4.78, 5) is 10.8. The Morgan fingerprint density at radius 2 is 2.50 bits per heavy atom. The van der Waals surface area contributed by atoms with Gasteiger partial charge >= 0.3 is 5.97 Å². The Balaban J connectivity index is 2.44. The van der Waals surface area contributed by atoms with Gasteiger partial charge in [0.05, 0.1) is 12.5 Å². The summed E-state index contributed by atoms with van der Waals surface area (Å²) >= 11 is 0. The van der Waals surface area contributed by atoms with Crippen LogP contribution in [0.25, 0.3) is 0 Å². The standard InChI is InChI=1S/C7H12O3/c1-2-5-3-6(4-8)10-7(5)9/h5-6,8H,2-4H2,1H3. The van der Waals surface area contributed by atoms with Crippen molar-refractivity contribution in [2.45, 2.75) is 25.9 Å². The molecule has 1 heterocycles. The van der Waals surface area contributed by atoms with Gasteiger partial charge in [0, 0.05) is 0 Å². The van der Waals surface area contributed by atoms with Gasteiger partial charge in [-0.15, -0.1) is 0 Å². The van der Waals surface area contributed by atoms with E-state index < -0.39 is 0 Å². The normalized spacial score (nSPS) is 32.4. The second-order valence-electron chi connectivity index (χ2n) is 2.58. The molecule has 0 aromatic rings. The molecule has 10 heavy (non-hydrogen) atoms. The van der Waals surface area contributed by atoms with Crippen molar-refractivity contribution in [2.24, 2.45) is 5.92 Å². The Bertz CT molecular complexity index is 133. The lowest BCUT2D eigenvalue weighted by Gasteiger charge is -2.01. The van der Waals surface area contributed by atoms with Crippen LogP contribution in [0, 0.1) is 5.92 Å². The van der Waals surface area contributed by atoms with Crippen LogP contribution >= 0.6 is 0 Å². The van der Waals surface area contributed by atoms with Crippen molar-refractivity contribution >= 4 is 5.97 Å². The molecule has 0 aromatic carbocycles. The van der Waals surface area contributed by atoms with Crippen molar-refractivity contribution in [1.29, 1.82) is 0 Å². The average molecular weight is 144 g/mol. The van der Waals surface area contributed by atoms with E-state index in [9.17, 15) is 4.79 Å². The van der Waals surface area contributed by atoms with Crippen LogP contribution in [0.1, 0.15) is 19.8 Å². The van der Waals surface area contributed by atoms with Gasteiger partial charge in [0.2, 0.25) is 0 Å². The lowest BCUT2D eigenvalue weighted by Crippen LogP contribution is -2.10. The van der Waals surface area contributed by atoms with Gasteiger partial charge in [-0.1, -0.05) is 6.92 Å². The highest BCUT2D eigenvalue weighted by Gasteiger charge is 2.32. The zero-order chi connectivity index (χ0) is 7.56. The van der Waals surface area contributed by atoms with Crippen LogP contribution in [-0.2, 0) is 9.53 Å². The third-order valence-corrected chi connectivity index (χ3v) is 1.86. The summed E-state index contributed by atoms with van der Waals surface area (Å²) in [7, 11) is 0. The molecular formula is C7H12O3. The molecule has 0 saturated carbocycles. The van der Waals surface area contributed by atoms with E-state index in [0.29, 0.717) is 6.42 Å². The first kappa shape index (κ1) is 7.54. The fourth-order valence-electron chi connectivity index (χ4n) is 1.17. The highest BCUT2D eigenvalue weighted by molar-refractivity contribution is 5.74. The summed E-state index contributed by atoms with van der Waals surface area (Å²) < 4.78 is 4.83. The number of carbonyl (C=O) groups is 1. The molecule has 1 aliphatic rings. The number of cyclic esters (lactones) is 1. The molecule has 58 valence electrons. The van der Waals surface area contributed by atoms with Crippen LogP contribution in [0.2, 0.25) is 0 Å². The van der Waals surface area contributed by atoms with Crippen molar-refractivity contribution in [1.82, 2.24) is 0 Å². The molecule has 0 aromatic heterocycles. The first-order valence-corrected chi connectivity index (χ1v) is 3.59. The predicted octanol–water partition coefficient (Wildman–Crippen LogP) is 0.320. The molecule has 1 saturated heterocycles. The lowest BCUT2D eigenvalue weighted by molar-refractivity contribution is -0.145. The molecule has 2 unspecified atom stereocenters. The Morgan fingerprint density at radius 1 is 1.80 bits per heavy atom. The van der Waals surface area contributed by atoms with E-state index >= 15 is 0 Å². The molecule has 1 rings (SSSR count). The van der Waals surface area contributed by atoms with E-state index in [-0.39, 0.29) is 24.6 Å². The molecule has 0 radical (unpaired) electrons. The van der Waals surface area contributed by atoms with Gasteiger partial charge in [-0.2, -0.15) is 0 Å². The van der Waals surface area contributed by atoms with Crippen molar-refractivity contribution in [3.8, 4) is 0 Å². The number of aliphatic hydroxyl groups is 1. The highest BCUT2D eigenvalue weighted by Crippen LogP contribution is 2.22. The molecule has 3 nitrogen and oxygen atoms in total. The number of rotatable bonds is 2. The number of hydrogen-bond acceptors (Lipinski definition) is 3. The van der Waals surface area contributed by atoms with Crippen molar-refractivity contribution < 1.29 is 14.6 Å².